The topological polar surface area (TPSA) is 46.5 Å². The van der Waals surface area contributed by atoms with Crippen LogP contribution in [0.4, 0.5) is 4.79 Å². The molecule has 0 aliphatic heterocycles. The Hall–Kier alpha value is -2.29. The van der Waals surface area contributed by atoms with Crippen molar-refractivity contribution < 1.29 is 14.6 Å². The van der Waals surface area contributed by atoms with Gasteiger partial charge < -0.3 is 9.84 Å². The van der Waals surface area contributed by atoms with Crippen molar-refractivity contribution in [3.8, 4) is 16.9 Å². The summed E-state index contributed by atoms with van der Waals surface area (Å²) < 4.78 is 4.85. The maximum atomic E-state index is 10.7. The molecule has 0 spiro atoms. The molecule has 0 amide bonds. The number of carbonyl (C=O) groups is 1. The van der Waals surface area contributed by atoms with Crippen molar-refractivity contribution in [1.29, 1.82) is 0 Å². The Morgan fingerprint density at radius 1 is 1.05 bits per heavy atom. The molecule has 2 aromatic rings. The van der Waals surface area contributed by atoms with E-state index in [0.717, 1.165) is 24.0 Å². The molecule has 0 aromatic heterocycles. The Bertz CT molecular complexity index is 576. The van der Waals surface area contributed by atoms with Gasteiger partial charge in [0.2, 0.25) is 0 Å². The van der Waals surface area contributed by atoms with Gasteiger partial charge in [0, 0.05) is 5.56 Å². The lowest BCUT2D eigenvalue weighted by atomic mass is 9.96. The monoisotopic (exact) mass is 256 g/mol. The zero-order chi connectivity index (χ0) is 13.7. The van der Waals surface area contributed by atoms with E-state index in [2.05, 4.69) is 13.0 Å². The van der Waals surface area contributed by atoms with Crippen LogP contribution in [0.1, 0.15) is 18.9 Å². The normalized spacial score (nSPS) is 10.2. The third-order valence-electron chi connectivity index (χ3n) is 2.91. The van der Waals surface area contributed by atoms with Gasteiger partial charge in [-0.05, 0) is 23.6 Å². The maximum Gasteiger partial charge on any atom is 0.511 e. The maximum absolute atomic E-state index is 10.7. The molecule has 0 atom stereocenters. The van der Waals surface area contributed by atoms with Crippen LogP contribution in [0.2, 0.25) is 0 Å². The first-order chi connectivity index (χ1) is 9.22. The molecule has 1 N–H and O–H groups in total. The number of para-hydroxylation sites is 1. The highest BCUT2D eigenvalue weighted by Gasteiger charge is 2.11. The Labute approximate surface area is 112 Å². The molecule has 3 heteroatoms. The summed E-state index contributed by atoms with van der Waals surface area (Å²) in [4.78, 5) is 10.7. The third kappa shape index (κ3) is 3.13. The van der Waals surface area contributed by atoms with E-state index in [-0.39, 0.29) is 0 Å². The van der Waals surface area contributed by atoms with Gasteiger partial charge in [-0.15, -0.1) is 0 Å². The van der Waals surface area contributed by atoms with Crippen molar-refractivity contribution in [2.24, 2.45) is 0 Å². The minimum Gasteiger partial charge on any atom is -0.449 e. The minimum absolute atomic E-state index is 0.374. The van der Waals surface area contributed by atoms with E-state index in [9.17, 15) is 4.79 Å². The van der Waals surface area contributed by atoms with E-state index in [1.807, 2.05) is 30.3 Å². The van der Waals surface area contributed by atoms with Crippen LogP contribution in [-0.4, -0.2) is 11.3 Å². The van der Waals surface area contributed by atoms with Crippen LogP contribution in [-0.2, 0) is 6.42 Å². The lowest BCUT2D eigenvalue weighted by molar-refractivity contribution is 0.144. The summed E-state index contributed by atoms with van der Waals surface area (Å²) in [6, 6.07) is 15.2. The summed E-state index contributed by atoms with van der Waals surface area (Å²) in [6.45, 7) is 2.12. The van der Waals surface area contributed by atoms with E-state index in [1.165, 1.54) is 5.56 Å². The van der Waals surface area contributed by atoms with Crippen LogP contribution in [0, 0.1) is 0 Å². The predicted molar refractivity (Wildman–Crippen MR) is 74.5 cm³/mol. The lowest BCUT2D eigenvalue weighted by Gasteiger charge is -2.12. The summed E-state index contributed by atoms with van der Waals surface area (Å²) in [5, 5.41) is 8.79. The van der Waals surface area contributed by atoms with Gasteiger partial charge in [0.05, 0.1) is 0 Å². The average Bonchev–Trinajstić information content (AvgIpc) is 2.40. The summed E-state index contributed by atoms with van der Waals surface area (Å²) in [7, 11) is 0. The Morgan fingerprint density at radius 2 is 1.68 bits per heavy atom. The quantitative estimate of drug-likeness (QED) is 0.653. The van der Waals surface area contributed by atoms with E-state index < -0.39 is 6.16 Å². The molecule has 0 saturated heterocycles. The first-order valence-corrected chi connectivity index (χ1v) is 6.30. The smallest absolute Gasteiger partial charge is 0.449 e. The predicted octanol–water partition coefficient (Wildman–Crippen LogP) is 4.36. The molecule has 0 saturated carbocycles. The Morgan fingerprint density at radius 3 is 2.37 bits per heavy atom. The third-order valence-corrected chi connectivity index (χ3v) is 2.91. The van der Waals surface area contributed by atoms with Gasteiger partial charge in [-0.2, -0.15) is 0 Å². The van der Waals surface area contributed by atoms with Gasteiger partial charge in [0.1, 0.15) is 5.75 Å². The Balaban J connectivity index is 2.49. The fraction of sp³-hybridized carbons (Fsp3) is 0.188. The first-order valence-electron chi connectivity index (χ1n) is 6.30. The molecule has 0 aliphatic carbocycles. The second-order valence-electron chi connectivity index (χ2n) is 4.27. The van der Waals surface area contributed by atoms with Crippen molar-refractivity contribution in [2.45, 2.75) is 19.8 Å². The van der Waals surface area contributed by atoms with E-state index >= 15 is 0 Å². The number of carboxylic acid groups (broad SMARTS) is 1. The lowest BCUT2D eigenvalue weighted by Crippen LogP contribution is -2.04. The minimum atomic E-state index is -1.29. The molecule has 0 aliphatic rings. The van der Waals surface area contributed by atoms with Crippen molar-refractivity contribution in [2.75, 3.05) is 0 Å². The number of ether oxygens (including phenoxy) is 1. The molecule has 0 bridgehead atoms. The molecule has 3 nitrogen and oxygen atoms in total. The van der Waals surface area contributed by atoms with E-state index in [4.69, 9.17) is 9.84 Å². The van der Waals surface area contributed by atoms with Gasteiger partial charge in [0.25, 0.3) is 0 Å². The van der Waals surface area contributed by atoms with Gasteiger partial charge in [0.15, 0.2) is 0 Å². The summed E-state index contributed by atoms with van der Waals surface area (Å²) >= 11 is 0. The Kier molecular flexibility index (Phi) is 4.18. The van der Waals surface area contributed by atoms with Crippen LogP contribution in [0.25, 0.3) is 11.1 Å². The molecule has 2 rings (SSSR count). The van der Waals surface area contributed by atoms with Crippen molar-refractivity contribution in [1.82, 2.24) is 0 Å². The fourth-order valence-corrected chi connectivity index (χ4v) is 2.14. The average molecular weight is 256 g/mol. The van der Waals surface area contributed by atoms with Gasteiger partial charge in [-0.3, -0.25) is 0 Å². The van der Waals surface area contributed by atoms with Crippen LogP contribution >= 0.6 is 0 Å². The molecular weight excluding hydrogens is 240 g/mol. The van der Waals surface area contributed by atoms with Crippen LogP contribution < -0.4 is 4.74 Å². The van der Waals surface area contributed by atoms with Crippen molar-refractivity contribution >= 4 is 6.16 Å². The van der Waals surface area contributed by atoms with E-state index in [1.54, 1.807) is 12.1 Å². The largest absolute Gasteiger partial charge is 0.511 e. The number of aryl methyl sites for hydroxylation is 1. The van der Waals surface area contributed by atoms with Gasteiger partial charge in [-0.1, -0.05) is 55.8 Å². The summed E-state index contributed by atoms with van der Waals surface area (Å²) in [6.07, 6.45) is 0.705. The molecular formula is C16H16O3. The second kappa shape index (κ2) is 6.05. The highest BCUT2D eigenvalue weighted by Crippen LogP contribution is 2.32. The van der Waals surface area contributed by atoms with Crippen molar-refractivity contribution in [3.05, 3.63) is 54.1 Å². The SMILES string of the molecule is CCCc1ccccc1-c1ccccc1OC(=O)O. The van der Waals surface area contributed by atoms with Gasteiger partial charge >= 0.3 is 6.16 Å². The summed E-state index contributed by atoms with van der Waals surface area (Å²) in [5.74, 6) is 0.374. The number of benzene rings is 2. The molecule has 98 valence electrons. The highest BCUT2D eigenvalue weighted by molar-refractivity contribution is 5.76. The van der Waals surface area contributed by atoms with Gasteiger partial charge in [-0.25, -0.2) is 4.79 Å². The molecule has 0 heterocycles. The molecule has 0 fully saturated rings. The molecule has 0 radical (unpaired) electrons. The standard InChI is InChI=1S/C16H16O3/c1-2-7-12-8-3-4-9-13(12)14-10-5-6-11-15(14)19-16(17)18/h3-6,8-11H,2,7H2,1H3,(H,17,18). The zero-order valence-corrected chi connectivity index (χ0v) is 10.8. The fourth-order valence-electron chi connectivity index (χ4n) is 2.14. The van der Waals surface area contributed by atoms with Crippen molar-refractivity contribution in [3.63, 3.8) is 0 Å². The summed E-state index contributed by atoms with van der Waals surface area (Å²) in [5.41, 5.74) is 3.04. The van der Waals surface area contributed by atoms with Crippen LogP contribution in [0.3, 0.4) is 0 Å². The van der Waals surface area contributed by atoms with E-state index in [0.29, 0.717) is 5.75 Å². The molecule has 2 aromatic carbocycles. The second-order valence-corrected chi connectivity index (χ2v) is 4.27. The van der Waals surface area contributed by atoms with Crippen LogP contribution in [0.5, 0.6) is 5.75 Å². The molecule has 0 unspecified atom stereocenters. The first kappa shape index (κ1) is 13.1. The highest BCUT2D eigenvalue weighted by atomic mass is 16.7. The number of hydrogen-bond donors (Lipinski definition) is 1. The van der Waals surface area contributed by atoms with Crippen LogP contribution in [0.15, 0.2) is 48.5 Å². The zero-order valence-electron chi connectivity index (χ0n) is 10.8. The molecule has 19 heavy (non-hydrogen) atoms. The number of hydrogen-bond acceptors (Lipinski definition) is 2. The number of rotatable bonds is 4.